The van der Waals surface area contributed by atoms with E-state index in [1.165, 1.54) is 25.7 Å². The first-order valence-corrected chi connectivity index (χ1v) is 12.1. The summed E-state index contributed by atoms with van der Waals surface area (Å²) in [5, 5.41) is 9.01. The number of carbonyl (C=O) groups excluding carboxylic acids is 1. The molecule has 0 saturated carbocycles. The zero-order chi connectivity index (χ0) is 24.1. The minimum absolute atomic E-state index is 0.154. The van der Waals surface area contributed by atoms with Crippen LogP contribution in [0.4, 0.5) is 0 Å². The Kier molecular flexibility index (Phi) is 18.2. The number of quaternary nitrogens is 1. The number of unbranched alkanes of at least 4 members (excludes halogenated alkanes) is 4. The minimum Gasteiger partial charge on any atom is -0.481 e. The number of hydrogen-bond acceptors (Lipinski definition) is 3. The number of likely N-dealkylation sites (N-methyl/N-ethyl adjacent to an activating group) is 1. The first-order chi connectivity index (χ1) is 15.2. The Morgan fingerprint density at radius 2 is 1.31 bits per heavy atom. The highest BCUT2D eigenvalue weighted by molar-refractivity contribution is 5.71. The maximum absolute atomic E-state index is 12.0. The number of ether oxygens (including phenoxy) is 1. The fraction of sp³-hybridized carbons (Fsp3) is 0.630. The summed E-state index contributed by atoms with van der Waals surface area (Å²) >= 11 is 0. The molecule has 1 atom stereocenters. The van der Waals surface area contributed by atoms with Crippen LogP contribution in [0, 0.1) is 0 Å². The summed E-state index contributed by atoms with van der Waals surface area (Å²) in [6.07, 6.45) is 26.4. The number of carbonyl (C=O) groups is 2. The fourth-order valence-electron chi connectivity index (χ4n) is 3.12. The van der Waals surface area contributed by atoms with Crippen molar-refractivity contribution >= 4 is 11.9 Å². The molecule has 1 N–H and O–H groups in total. The molecule has 5 nitrogen and oxygen atoms in total. The van der Waals surface area contributed by atoms with Crippen LogP contribution >= 0.6 is 0 Å². The van der Waals surface area contributed by atoms with E-state index in [0.29, 0.717) is 23.9 Å². The van der Waals surface area contributed by atoms with Gasteiger partial charge in [-0.3, -0.25) is 9.59 Å². The van der Waals surface area contributed by atoms with Gasteiger partial charge in [-0.1, -0.05) is 68.4 Å². The third kappa shape index (κ3) is 22.5. The van der Waals surface area contributed by atoms with Crippen molar-refractivity contribution in [3.8, 4) is 0 Å². The van der Waals surface area contributed by atoms with E-state index < -0.39 is 12.1 Å². The molecule has 0 rings (SSSR count). The van der Waals surface area contributed by atoms with Crippen LogP contribution in [-0.2, 0) is 14.3 Å². The molecule has 0 aromatic rings. The molecule has 5 heteroatoms. The molecule has 32 heavy (non-hydrogen) atoms. The molecule has 0 spiro atoms. The molecule has 0 unspecified atom stereocenters. The van der Waals surface area contributed by atoms with Crippen molar-refractivity contribution in [3.63, 3.8) is 0 Å². The largest absolute Gasteiger partial charge is 0.481 e. The Morgan fingerprint density at radius 3 is 1.78 bits per heavy atom. The molecular formula is C27H46NO4+. The predicted molar refractivity (Wildman–Crippen MR) is 133 cm³/mol. The predicted octanol–water partition coefficient (Wildman–Crippen LogP) is 6.22. The average molecular weight is 449 g/mol. The molecule has 0 aliphatic carbocycles. The topological polar surface area (TPSA) is 63.6 Å². The first kappa shape index (κ1) is 29.9. The van der Waals surface area contributed by atoms with Crippen LogP contribution < -0.4 is 0 Å². The molecule has 0 radical (unpaired) electrons. The lowest BCUT2D eigenvalue weighted by molar-refractivity contribution is -0.873. The molecule has 182 valence electrons. The van der Waals surface area contributed by atoms with Crippen molar-refractivity contribution in [2.24, 2.45) is 0 Å². The van der Waals surface area contributed by atoms with E-state index in [0.717, 1.165) is 25.7 Å². The van der Waals surface area contributed by atoms with Crippen molar-refractivity contribution in [1.29, 1.82) is 0 Å². The van der Waals surface area contributed by atoms with Gasteiger partial charge in [-0.2, -0.15) is 0 Å². The molecule has 0 aromatic carbocycles. The van der Waals surface area contributed by atoms with Gasteiger partial charge in [0.25, 0.3) is 0 Å². The number of aliphatic carboxylic acids is 1. The normalized spacial score (nSPS) is 13.6. The summed E-state index contributed by atoms with van der Waals surface area (Å²) in [5.41, 5.74) is 0. The van der Waals surface area contributed by atoms with Gasteiger partial charge in [0.2, 0.25) is 0 Å². The lowest BCUT2D eigenvalue weighted by atomic mass is 10.2. The Hall–Kier alpha value is -2.14. The highest BCUT2D eigenvalue weighted by Gasteiger charge is 2.24. The van der Waals surface area contributed by atoms with E-state index in [2.05, 4.69) is 55.5 Å². The number of carboxylic acids is 1. The van der Waals surface area contributed by atoms with Gasteiger partial charge < -0.3 is 14.3 Å². The van der Waals surface area contributed by atoms with Gasteiger partial charge in [-0.15, -0.1) is 0 Å². The number of hydrogen-bond donors (Lipinski definition) is 1. The van der Waals surface area contributed by atoms with Gasteiger partial charge in [0.1, 0.15) is 6.54 Å². The first-order valence-electron chi connectivity index (χ1n) is 12.1. The summed E-state index contributed by atoms with van der Waals surface area (Å²) < 4.78 is 5.93. The minimum atomic E-state index is -0.947. The Morgan fingerprint density at radius 1 is 0.812 bits per heavy atom. The van der Waals surface area contributed by atoms with Crippen LogP contribution in [0.25, 0.3) is 0 Å². The Labute approximate surface area is 196 Å². The lowest BCUT2D eigenvalue weighted by Gasteiger charge is -2.28. The Balaban J connectivity index is 3.86. The van der Waals surface area contributed by atoms with E-state index in [9.17, 15) is 9.59 Å². The summed E-state index contributed by atoms with van der Waals surface area (Å²) in [6, 6.07) is 0. The third-order valence-corrected chi connectivity index (χ3v) is 4.66. The van der Waals surface area contributed by atoms with Crippen LogP contribution in [0.3, 0.4) is 0 Å². The average Bonchev–Trinajstić information content (AvgIpc) is 2.68. The number of carboxylic acid groups (broad SMARTS) is 1. The van der Waals surface area contributed by atoms with Crippen molar-refractivity contribution in [2.75, 3.05) is 27.7 Å². The monoisotopic (exact) mass is 448 g/mol. The second-order valence-electron chi connectivity index (χ2n) is 9.16. The van der Waals surface area contributed by atoms with Crippen molar-refractivity contribution in [1.82, 2.24) is 0 Å². The van der Waals surface area contributed by atoms with E-state index in [-0.39, 0.29) is 12.4 Å². The molecule has 0 aromatic heterocycles. The summed E-state index contributed by atoms with van der Waals surface area (Å²) in [6.45, 7) is 2.71. The van der Waals surface area contributed by atoms with E-state index >= 15 is 0 Å². The molecule has 0 heterocycles. The standard InChI is InChI=1S/C27H45NO4/c1-5-6-7-8-9-10-11-12-13-14-15-16-17-18-19-20-21-22-27(31)32-25(23-26(29)30)24-28(2,3)4/h9-10,12-13,15-16,18-19,25H,5-8,11,14,17,20-24H2,1-4H3/p+1/b10-9+,13-12+,16-15+,19-18+/t25-/m1/s1. The maximum atomic E-state index is 12.0. The van der Waals surface area contributed by atoms with Crippen molar-refractivity contribution in [3.05, 3.63) is 48.6 Å². The van der Waals surface area contributed by atoms with Crippen LogP contribution in [0.1, 0.15) is 77.6 Å². The maximum Gasteiger partial charge on any atom is 0.307 e. The molecule has 0 aliphatic heterocycles. The number of rotatable bonds is 19. The molecular weight excluding hydrogens is 402 g/mol. The second-order valence-corrected chi connectivity index (χ2v) is 9.16. The van der Waals surface area contributed by atoms with E-state index in [1.807, 2.05) is 21.1 Å². The van der Waals surface area contributed by atoms with Crippen LogP contribution in [0.2, 0.25) is 0 Å². The van der Waals surface area contributed by atoms with Gasteiger partial charge in [0, 0.05) is 6.42 Å². The number of nitrogens with zero attached hydrogens (tertiary/aromatic N) is 1. The third-order valence-electron chi connectivity index (χ3n) is 4.66. The quantitative estimate of drug-likeness (QED) is 0.110. The van der Waals surface area contributed by atoms with Crippen molar-refractivity contribution < 1.29 is 23.9 Å². The second kappa shape index (κ2) is 19.5. The van der Waals surface area contributed by atoms with Crippen LogP contribution in [0.5, 0.6) is 0 Å². The fourth-order valence-corrected chi connectivity index (χ4v) is 3.12. The SMILES string of the molecule is CCCCC/C=C/C/C=C/C/C=C/C/C=C/CCCC(=O)O[C@H](CC(=O)O)C[N+](C)(C)C. The lowest BCUT2D eigenvalue weighted by Crippen LogP contribution is -2.43. The molecule has 0 saturated heterocycles. The zero-order valence-corrected chi connectivity index (χ0v) is 20.8. The number of allylic oxidation sites excluding steroid dienone is 8. The van der Waals surface area contributed by atoms with Crippen LogP contribution in [-0.4, -0.2) is 55.3 Å². The molecule has 0 bridgehead atoms. The van der Waals surface area contributed by atoms with Crippen LogP contribution in [0.15, 0.2) is 48.6 Å². The van der Waals surface area contributed by atoms with Gasteiger partial charge in [-0.25, -0.2) is 0 Å². The van der Waals surface area contributed by atoms with Gasteiger partial charge in [0.05, 0.1) is 27.6 Å². The molecule has 0 amide bonds. The van der Waals surface area contributed by atoms with Gasteiger partial charge in [0.15, 0.2) is 6.10 Å². The summed E-state index contributed by atoms with van der Waals surface area (Å²) in [4.78, 5) is 23.0. The van der Waals surface area contributed by atoms with Crippen molar-refractivity contribution in [2.45, 2.75) is 83.7 Å². The van der Waals surface area contributed by atoms with E-state index in [1.54, 1.807) is 0 Å². The smallest absolute Gasteiger partial charge is 0.307 e. The van der Waals surface area contributed by atoms with E-state index in [4.69, 9.17) is 9.84 Å². The highest BCUT2D eigenvalue weighted by Crippen LogP contribution is 2.08. The Bertz CT molecular complexity index is 612. The summed E-state index contributed by atoms with van der Waals surface area (Å²) in [7, 11) is 5.85. The zero-order valence-electron chi connectivity index (χ0n) is 20.8. The molecule has 0 aliphatic rings. The number of esters is 1. The van der Waals surface area contributed by atoms with Gasteiger partial charge >= 0.3 is 11.9 Å². The van der Waals surface area contributed by atoms with Gasteiger partial charge in [-0.05, 0) is 44.9 Å². The highest BCUT2D eigenvalue weighted by atomic mass is 16.5. The summed E-state index contributed by atoms with van der Waals surface area (Å²) in [5.74, 6) is -1.27. The molecule has 0 fully saturated rings.